The van der Waals surface area contributed by atoms with Crippen molar-refractivity contribution in [2.45, 2.75) is 66.3 Å². The number of rotatable bonds is 12. The summed E-state index contributed by atoms with van der Waals surface area (Å²) in [6, 6.07) is 12.1. The largest absolute Gasteiger partial charge is 0.496 e. The topological polar surface area (TPSA) is 52.0 Å². The molecule has 0 aliphatic rings. The number of benzene rings is 1. The number of pyridine rings is 1. The van der Waals surface area contributed by atoms with Crippen LogP contribution in [0.4, 0.5) is 0 Å². The maximum Gasteiger partial charge on any atom is 0.128 e. The standard InChI is InChI=1S/C21H29BrN4.C9H12O/c1-5-7-10-19(6-2)16(3)12-21(26-17(4)20(22)15-25-26)24-14-18-9-8-11-23-13-18;1-3-8-6-4-5-7-9(8)10-2/h8-9,11-13,15,19,24H,3,5-7,10,14H2,1-2,4H3;4-7H,3H2,1-2H3/b21-12-;. The molecule has 2 aromatic heterocycles. The Morgan fingerprint density at radius 1 is 1.17 bits per heavy atom. The molecule has 194 valence electrons. The third-order valence-electron chi connectivity index (χ3n) is 6.19. The summed E-state index contributed by atoms with van der Waals surface area (Å²) < 4.78 is 8.06. The van der Waals surface area contributed by atoms with Crippen molar-refractivity contribution in [1.82, 2.24) is 20.1 Å². The van der Waals surface area contributed by atoms with Gasteiger partial charge in [-0.25, -0.2) is 4.68 Å². The fraction of sp³-hybridized carbons (Fsp3) is 0.400. The number of ether oxygens (including phenoxy) is 1. The first-order chi connectivity index (χ1) is 17.4. The molecule has 0 aliphatic heterocycles. The zero-order valence-electron chi connectivity index (χ0n) is 22.4. The van der Waals surface area contributed by atoms with Gasteiger partial charge in [0.2, 0.25) is 0 Å². The molecule has 1 atom stereocenters. The van der Waals surface area contributed by atoms with Gasteiger partial charge < -0.3 is 10.1 Å². The van der Waals surface area contributed by atoms with Crippen LogP contribution in [0.25, 0.3) is 5.82 Å². The molecule has 6 heteroatoms. The van der Waals surface area contributed by atoms with Gasteiger partial charge in [0, 0.05) is 18.9 Å². The van der Waals surface area contributed by atoms with Crippen molar-refractivity contribution in [3.8, 4) is 5.75 Å². The van der Waals surface area contributed by atoms with E-state index in [1.807, 2.05) is 48.3 Å². The molecule has 3 rings (SSSR count). The van der Waals surface area contributed by atoms with E-state index in [4.69, 9.17) is 4.74 Å². The normalized spacial score (nSPS) is 11.9. The van der Waals surface area contributed by atoms with Gasteiger partial charge in [0.15, 0.2) is 0 Å². The van der Waals surface area contributed by atoms with Crippen LogP contribution in [0.3, 0.4) is 0 Å². The van der Waals surface area contributed by atoms with Gasteiger partial charge in [0.1, 0.15) is 11.6 Å². The van der Waals surface area contributed by atoms with Crippen LogP contribution in [0.1, 0.15) is 63.3 Å². The minimum absolute atomic E-state index is 0.504. The zero-order chi connectivity index (χ0) is 26.3. The number of nitrogens with one attached hydrogen (secondary N) is 1. The molecule has 0 saturated carbocycles. The number of aryl methyl sites for hydroxylation is 1. The second-order valence-electron chi connectivity index (χ2n) is 8.72. The van der Waals surface area contributed by atoms with Crippen LogP contribution >= 0.6 is 15.9 Å². The molecule has 0 aliphatic carbocycles. The minimum atomic E-state index is 0.504. The molecule has 0 bridgehead atoms. The number of para-hydroxylation sites is 1. The first kappa shape index (κ1) is 29.4. The highest BCUT2D eigenvalue weighted by atomic mass is 79.9. The van der Waals surface area contributed by atoms with E-state index in [-0.39, 0.29) is 0 Å². The second-order valence-corrected chi connectivity index (χ2v) is 9.58. The van der Waals surface area contributed by atoms with E-state index < -0.39 is 0 Å². The summed E-state index contributed by atoms with van der Waals surface area (Å²) in [5.74, 6) is 2.44. The lowest BCUT2D eigenvalue weighted by Crippen LogP contribution is -2.19. The first-order valence-corrected chi connectivity index (χ1v) is 13.6. The lowest BCUT2D eigenvalue weighted by Gasteiger charge is -2.18. The zero-order valence-corrected chi connectivity index (χ0v) is 24.0. The summed E-state index contributed by atoms with van der Waals surface area (Å²) in [6.07, 6.45) is 13.4. The highest BCUT2D eigenvalue weighted by Gasteiger charge is 2.13. The molecular formula is C30H41BrN4O. The van der Waals surface area contributed by atoms with E-state index in [1.165, 1.54) is 24.8 Å². The van der Waals surface area contributed by atoms with Gasteiger partial charge in [-0.2, -0.15) is 5.10 Å². The molecule has 1 N–H and O–H groups in total. The smallest absolute Gasteiger partial charge is 0.128 e. The van der Waals surface area contributed by atoms with Crippen LogP contribution in [0.2, 0.25) is 0 Å². The summed E-state index contributed by atoms with van der Waals surface area (Å²) in [6.45, 7) is 13.7. The number of hydrogen-bond acceptors (Lipinski definition) is 4. The van der Waals surface area contributed by atoms with Gasteiger partial charge in [-0.05, 0) is 82.9 Å². The van der Waals surface area contributed by atoms with Gasteiger partial charge in [0.25, 0.3) is 0 Å². The molecule has 1 unspecified atom stereocenters. The van der Waals surface area contributed by atoms with E-state index in [1.54, 1.807) is 13.3 Å². The highest BCUT2D eigenvalue weighted by Crippen LogP contribution is 2.24. The van der Waals surface area contributed by atoms with Gasteiger partial charge in [-0.1, -0.05) is 64.5 Å². The Kier molecular flexibility index (Phi) is 13.1. The maximum atomic E-state index is 5.14. The lowest BCUT2D eigenvalue weighted by molar-refractivity contribution is 0.410. The maximum absolute atomic E-state index is 5.14. The number of halogens is 1. The van der Waals surface area contributed by atoms with E-state index in [2.05, 4.69) is 76.9 Å². The predicted octanol–water partition coefficient (Wildman–Crippen LogP) is 7.97. The van der Waals surface area contributed by atoms with Crippen molar-refractivity contribution in [3.05, 3.63) is 94.5 Å². The van der Waals surface area contributed by atoms with E-state index in [9.17, 15) is 0 Å². The minimum Gasteiger partial charge on any atom is -0.496 e. The summed E-state index contributed by atoms with van der Waals surface area (Å²) in [4.78, 5) is 4.19. The summed E-state index contributed by atoms with van der Waals surface area (Å²) in [5.41, 5.74) is 4.61. The number of allylic oxidation sites excluding steroid dienone is 2. The average molecular weight is 554 g/mol. The molecule has 0 radical (unpaired) electrons. The Balaban J connectivity index is 0.000000380. The molecular weight excluding hydrogens is 512 g/mol. The molecule has 5 nitrogen and oxygen atoms in total. The summed E-state index contributed by atoms with van der Waals surface area (Å²) in [7, 11) is 1.70. The van der Waals surface area contributed by atoms with Crippen molar-refractivity contribution < 1.29 is 4.74 Å². The van der Waals surface area contributed by atoms with Crippen molar-refractivity contribution >= 4 is 21.8 Å². The SMILES string of the molecule is C=C(/C=C(/NCc1cccnc1)n1ncc(Br)c1C)C(CC)CCCC.CCc1ccccc1OC. The van der Waals surface area contributed by atoms with Crippen LogP contribution in [0.15, 0.2) is 77.7 Å². The fourth-order valence-corrected chi connectivity index (χ4v) is 4.17. The van der Waals surface area contributed by atoms with E-state index >= 15 is 0 Å². The average Bonchev–Trinajstić information content (AvgIpc) is 3.25. The Hall–Kier alpha value is -2.86. The number of aromatic nitrogens is 3. The number of methoxy groups -OCH3 is 1. The van der Waals surface area contributed by atoms with Crippen LogP contribution < -0.4 is 10.1 Å². The van der Waals surface area contributed by atoms with Gasteiger partial charge >= 0.3 is 0 Å². The monoisotopic (exact) mass is 552 g/mol. The van der Waals surface area contributed by atoms with Crippen molar-refractivity contribution in [2.24, 2.45) is 5.92 Å². The molecule has 2 heterocycles. The molecule has 0 fully saturated rings. The van der Waals surface area contributed by atoms with Crippen LogP contribution in [0, 0.1) is 12.8 Å². The first-order valence-electron chi connectivity index (χ1n) is 12.8. The molecule has 0 amide bonds. The Bertz CT molecular complexity index is 1070. The lowest BCUT2D eigenvalue weighted by atomic mass is 9.92. The number of unbranched alkanes of at least 4 members (excludes halogenated alkanes) is 1. The molecule has 0 spiro atoms. The molecule has 0 saturated heterocycles. The second kappa shape index (κ2) is 16.0. The quantitative estimate of drug-likeness (QED) is 0.231. The molecule has 3 aromatic rings. The number of hydrogen-bond donors (Lipinski definition) is 1. The van der Waals surface area contributed by atoms with E-state index in [0.717, 1.165) is 45.7 Å². The molecule has 36 heavy (non-hydrogen) atoms. The third kappa shape index (κ3) is 8.98. The summed E-state index contributed by atoms with van der Waals surface area (Å²) >= 11 is 3.55. The van der Waals surface area contributed by atoms with Gasteiger partial charge in [-0.15, -0.1) is 0 Å². The Morgan fingerprint density at radius 2 is 1.94 bits per heavy atom. The van der Waals surface area contributed by atoms with Crippen LogP contribution in [-0.2, 0) is 13.0 Å². The number of nitrogens with zero attached hydrogens (tertiary/aromatic N) is 3. The third-order valence-corrected chi connectivity index (χ3v) is 6.97. The Morgan fingerprint density at radius 3 is 2.50 bits per heavy atom. The molecule has 1 aromatic carbocycles. The Labute approximate surface area is 225 Å². The van der Waals surface area contributed by atoms with Gasteiger partial charge in [-0.3, -0.25) is 4.98 Å². The van der Waals surface area contributed by atoms with Crippen LogP contribution in [0.5, 0.6) is 5.75 Å². The van der Waals surface area contributed by atoms with Crippen molar-refractivity contribution in [3.63, 3.8) is 0 Å². The van der Waals surface area contributed by atoms with Crippen molar-refractivity contribution in [1.29, 1.82) is 0 Å². The van der Waals surface area contributed by atoms with E-state index in [0.29, 0.717) is 12.5 Å². The van der Waals surface area contributed by atoms with Crippen LogP contribution in [-0.4, -0.2) is 21.9 Å². The summed E-state index contributed by atoms with van der Waals surface area (Å²) in [5, 5.41) is 8.02. The fourth-order valence-electron chi connectivity index (χ4n) is 3.91. The predicted molar refractivity (Wildman–Crippen MR) is 155 cm³/mol. The van der Waals surface area contributed by atoms with Crippen molar-refractivity contribution in [2.75, 3.05) is 7.11 Å². The highest BCUT2D eigenvalue weighted by molar-refractivity contribution is 9.10. The van der Waals surface area contributed by atoms with Gasteiger partial charge in [0.05, 0.1) is 23.5 Å².